The summed E-state index contributed by atoms with van der Waals surface area (Å²) in [6.07, 6.45) is 0. The van der Waals surface area contributed by atoms with E-state index < -0.39 is 11.8 Å². The van der Waals surface area contributed by atoms with Crippen molar-refractivity contribution in [1.29, 1.82) is 0 Å². The number of carbonyl (C=O) groups excluding carboxylic acids is 2. The zero-order valence-electron chi connectivity index (χ0n) is 8.38. The van der Waals surface area contributed by atoms with E-state index in [0.29, 0.717) is 0 Å². The zero-order chi connectivity index (χ0) is 12.2. The molecule has 0 aromatic heterocycles. The lowest BCUT2D eigenvalue weighted by atomic mass is 9.96. The Morgan fingerprint density at radius 3 is 1.60 bits per heavy atom. The standard InChI is InChI=1S/C11H12N2O2/c1-6(8(3)10(12)14)7(2)9(4)11(15)13-5/h1-5H2,(H2,12,14). The first-order valence-corrected chi connectivity index (χ1v) is 3.90. The van der Waals surface area contributed by atoms with Crippen molar-refractivity contribution >= 4 is 18.5 Å². The van der Waals surface area contributed by atoms with Gasteiger partial charge in [0.1, 0.15) is 0 Å². The maximum absolute atomic E-state index is 11.1. The summed E-state index contributed by atoms with van der Waals surface area (Å²) in [6, 6.07) is 0. The van der Waals surface area contributed by atoms with Crippen molar-refractivity contribution in [1.82, 2.24) is 0 Å². The molecule has 4 nitrogen and oxygen atoms in total. The second-order valence-corrected chi connectivity index (χ2v) is 2.74. The highest BCUT2D eigenvalue weighted by Crippen LogP contribution is 2.21. The van der Waals surface area contributed by atoms with Crippen LogP contribution < -0.4 is 5.73 Å². The summed E-state index contributed by atoms with van der Waals surface area (Å²) in [7, 11) is 0. The molecule has 0 unspecified atom stereocenters. The van der Waals surface area contributed by atoms with E-state index in [1.165, 1.54) is 0 Å². The highest BCUT2D eigenvalue weighted by molar-refractivity contribution is 6.04. The van der Waals surface area contributed by atoms with Crippen LogP contribution in [0.5, 0.6) is 0 Å². The molecule has 0 aromatic carbocycles. The van der Waals surface area contributed by atoms with Gasteiger partial charge in [-0.05, 0) is 17.9 Å². The number of carbonyl (C=O) groups is 2. The molecule has 0 aliphatic carbocycles. The van der Waals surface area contributed by atoms with Gasteiger partial charge in [0.15, 0.2) is 0 Å². The first kappa shape index (κ1) is 12.8. The van der Waals surface area contributed by atoms with Crippen LogP contribution in [0.2, 0.25) is 0 Å². The molecule has 0 bridgehead atoms. The van der Waals surface area contributed by atoms with Gasteiger partial charge in [0, 0.05) is 11.1 Å². The molecule has 0 fully saturated rings. The number of primary amides is 1. The summed E-state index contributed by atoms with van der Waals surface area (Å²) in [4.78, 5) is 25.0. The van der Waals surface area contributed by atoms with Gasteiger partial charge in [-0.1, -0.05) is 26.3 Å². The number of nitrogens with zero attached hydrogens (tertiary/aromatic N) is 1. The van der Waals surface area contributed by atoms with Gasteiger partial charge >= 0.3 is 0 Å². The fourth-order valence-corrected chi connectivity index (χ4v) is 0.738. The van der Waals surface area contributed by atoms with Gasteiger partial charge in [0.2, 0.25) is 5.91 Å². The largest absolute Gasteiger partial charge is 0.366 e. The van der Waals surface area contributed by atoms with Crippen LogP contribution in [-0.2, 0) is 9.59 Å². The van der Waals surface area contributed by atoms with Gasteiger partial charge in [-0.3, -0.25) is 9.59 Å². The summed E-state index contributed by atoms with van der Waals surface area (Å²) < 4.78 is 0. The molecule has 78 valence electrons. The monoisotopic (exact) mass is 204 g/mol. The van der Waals surface area contributed by atoms with E-state index in [0.717, 1.165) is 0 Å². The van der Waals surface area contributed by atoms with Gasteiger partial charge in [-0.25, -0.2) is 4.99 Å². The molecular weight excluding hydrogens is 192 g/mol. The van der Waals surface area contributed by atoms with Crippen molar-refractivity contribution in [3.05, 3.63) is 48.6 Å². The fraction of sp³-hybridized carbons (Fsp3) is 0. The molecule has 4 heteroatoms. The van der Waals surface area contributed by atoms with E-state index >= 15 is 0 Å². The molecule has 0 aliphatic rings. The van der Waals surface area contributed by atoms with Gasteiger partial charge in [-0.2, -0.15) is 0 Å². The highest BCUT2D eigenvalue weighted by atomic mass is 16.1. The fourth-order valence-electron chi connectivity index (χ4n) is 0.738. The van der Waals surface area contributed by atoms with Crippen molar-refractivity contribution in [2.45, 2.75) is 0 Å². The Kier molecular flexibility index (Phi) is 4.13. The Morgan fingerprint density at radius 1 is 0.867 bits per heavy atom. The summed E-state index contributed by atoms with van der Waals surface area (Å²) in [5.41, 5.74) is 5.34. The average Bonchev–Trinajstić information content (AvgIpc) is 2.23. The Bertz CT molecular complexity index is 403. The molecule has 2 amide bonds. The Balaban J connectivity index is 4.90. The number of nitrogens with two attached hydrogens (primary N) is 1. The van der Waals surface area contributed by atoms with Crippen molar-refractivity contribution in [2.75, 3.05) is 0 Å². The molecule has 0 saturated heterocycles. The lowest BCUT2D eigenvalue weighted by Gasteiger charge is -2.09. The predicted octanol–water partition coefficient (Wildman–Crippen LogP) is 0.924. The SMILES string of the molecule is C=NC(=O)C(=C)C(=C)C(=C)C(=C)C(N)=O. The molecule has 0 aliphatic heterocycles. The normalized spacial score (nSPS) is 8.80. The first-order chi connectivity index (χ1) is 6.82. The molecule has 15 heavy (non-hydrogen) atoms. The molecule has 2 N–H and O–H groups in total. The molecule has 0 spiro atoms. The van der Waals surface area contributed by atoms with Crippen LogP contribution in [0.25, 0.3) is 0 Å². The molecule has 0 rings (SSSR count). The van der Waals surface area contributed by atoms with Crippen LogP contribution in [-0.4, -0.2) is 18.5 Å². The van der Waals surface area contributed by atoms with Crippen LogP contribution in [0, 0.1) is 0 Å². The van der Waals surface area contributed by atoms with Crippen LogP contribution >= 0.6 is 0 Å². The minimum Gasteiger partial charge on any atom is -0.366 e. The average molecular weight is 204 g/mol. The quantitative estimate of drug-likeness (QED) is 0.411. The van der Waals surface area contributed by atoms with Crippen LogP contribution in [0.15, 0.2) is 53.6 Å². The second kappa shape index (κ2) is 4.85. The topological polar surface area (TPSA) is 72.5 Å². The van der Waals surface area contributed by atoms with Crippen molar-refractivity contribution in [3.63, 3.8) is 0 Å². The number of aliphatic imine (C=N–C) groups is 1. The second-order valence-electron chi connectivity index (χ2n) is 2.74. The van der Waals surface area contributed by atoms with Crippen LogP contribution in [0.1, 0.15) is 0 Å². The smallest absolute Gasteiger partial charge is 0.276 e. The Hall–Kier alpha value is -2.23. The minimum absolute atomic E-state index is 0.0115. The Labute approximate surface area is 88.2 Å². The van der Waals surface area contributed by atoms with E-state index in [1.54, 1.807) is 0 Å². The third-order valence-corrected chi connectivity index (χ3v) is 1.79. The summed E-state index contributed by atoms with van der Waals surface area (Å²) in [5.74, 6) is -1.36. The summed E-state index contributed by atoms with van der Waals surface area (Å²) >= 11 is 0. The molecule has 0 aromatic rings. The van der Waals surface area contributed by atoms with Gasteiger partial charge in [0.25, 0.3) is 5.91 Å². The predicted molar refractivity (Wildman–Crippen MR) is 60.3 cm³/mol. The minimum atomic E-state index is -0.729. The van der Waals surface area contributed by atoms with Crippen molar-refractivity contribution in [2.24, 2.45) is 10.7 Å². The number of hydrogen-bond donors (Lipinski definition) is 1. The third-order valence-electron chi connectivity index (χ3n) is 1.79. The van der Waals surface area contributed by atoms with Gasteiger partial charge in [0.05, 0.1) is 0 Å². The highest BCUT2D eigenvalue weighted by Gasteiger charge is 2.15. The van der Waals surface area contributed by atoms with E-state index in [2.05, 4.69) is 38.0 Å². The van der Waals surface area contributed by atoms with Crippen molar-refractivity contribution < 1.29 is 9.59 Å². The lowest BCUT2D eigenvalue weighted by Crippen LogP contribution is -2.16. The number of hydrogen-bond acceptors (Lipinski definition) is 2. The maximum atomic E-state index is 11.1. The van der Waals surface area contributed by atoms with Crippen LogP contribution in [0.3, 0.4) is 0 Å². The molecule has 0 radical (unpaired) electrons. The molecule has 0 heterocycles. The van der Waals surface area contributed by atoms with E-state index in [4.69, 9.17) is 5.73 Å². The molecule has 0 atom stereocenters. The number of rotatable bonds is 5. The van der Waals surface area contributed by atoms with Gasteiger partial charge in [-0.15, -0.1) is 0 Å². The lowest BCUT2D eigenvalue weighted by molar-refractivity contribution is -0.115. The Morgan fingerprint density at radius 2 is 1.27 bits per heavy atom. The third kappa shape index (κ3) is 2.87. The van der Waals surface area contributed by atoms with Gasteiger partial charge < -0.3 is 5.73 Å². The summed E-state index contributed by atoms with van der Waals surface area (Å²) in [5, 5.41) is 0. The number of amides is 2. The maximum Gasteiger partial charge on any atom is 0.276 e. The van der Waals surface area contributed by atoms with Crippen LogP contribution in [0.4, 0.5) is 0 Å². The first-order valence-electron chi connectivity index (χ1n) is 3.90. The molecule has 0 saturated carbocycles. The van der Waals surface area contributed by atoms with E-state index in [-0.39, 0.29) is 22.3 Å². The molecular formula is C11H12N2O2. The van der Waals surface area contributed by atoms with E-state index in [1.807, 2.05) is 0 Å². The van der Waals surface area contributed by atoms with Crippen molar-refractivity contribution in [3.8, 4) is 0 Å². The summed E-state index contributed by atoms with van der Waals surface area (Å²) in [6.45, 7) is 17.0. The zero-order valence-corrected chi connectivity index (χ0v) is 8.38. The van der Waals surface area contributed by atoms with E-state index in [9.17, 15) is 9.59 Å².